The number of H-pyrrole nitrogens is 1. The summed E-state index contributed by atoms with van der Waals surface area (Å²) in [6.45, 7) is 0.736. The van der Waals surface area contributed by atoms with Crippen LogP contribution in [0.4, 0.5) is 0 Å². The predicted octanol–water partition coefficient (Wildman–Crippen LogP) is -2.67. The Morgan fingerprint density at radius 1 is 1.07 bits per heavy atom. The van der Waals surface area contributed by atoms with Crippen molar-refractivity contribution in [2.24, 2.45) is 5.73 Å². The molecule has 3 unspecified atom stereocenters. The summed E-state index contributed by atoms with van der Waals surface area (Å²) < 4.78 is 0. The lowest BCUT2D eigenvalue weighted by atomic mass is 10.1. The van der Waals surface area contributed by atoms with Crippen LogP contribution in [0, 0.1) is 0 Å². The van der Waals surface area contributed by atoms with Crippen LogP contribution in [-0.2, 0) is 30.4 Å². The number of aliphatic carboxylic acids is 2. The molecule has 0 saturated carbocycles. The first kappa shape index (κ1) is 23.6. The molecular weight excluding hydrogens is 388 g/mol. The standard InChI is InChI=1S/C16H24N6O7/c1-8(17)14(27)21-10(2-3-12(23)24)16(29)22-11(4-9-5-18-7-20-9)15(28)19-6-13(25)26/h5,7-8,10-11H,2-4,6,17H2,1H3,(H,18,20)(H,19,28)(H,21,27)(H,22,29)(H,23,24)(H,25,26). The highest BCUT2D eigenvalue weighted by molar-refractivity contribution is 5.93. The molecular formula is C16H24N6O7. The number of hydrogen-bond donors (Lipinski definition) is 7. The fraction of sp³-hybridized carbons (Fsp3) is 0.500. The van der Waals surface area contributed by atoms with Crippen LogP contribution in [0.2, 0.25) is 0 Å². The van der Waals surface area contributed by atoms with Crippen LogP contribution in [-0.4, -0.2) is 74.5 Å². The van der Waals surface area contributed by atoms with Gasteiger partial charge < -0.3 is 36.9 Å². The van der Waals surface area contributed by atoms with Crippen molar-refractivity contribution >= 4 is 29.7 Å². The molecule has 3 amide bonds. The average molecular weight is 412 g/mol. The number of rotatable bonds is 12. The molecule has 0 aliphatic rings. The number of carbonyl (C=O) groups excluding carboxylic acids is 3. The van der Waals surface area contributed by atoms with E-state index in [1.807, 2.05) is 0 Å². The number of carboxylic acid groups (broad SMARTS) is 2. The van der Waals surface area contributed by atoms with Crippen LogP contribution in [0.15, 0.2) is 12.5 Å². The first-order valence-corrected chi connectivity index (χ1v) is 8.65. The van der Waals surface area contributed by atoms with Gasteiger partial charge in [-0.25, -0.2) is 4.98 Å². The largest absolute Gasteiger partial charge is 0.481 e. The number of amides is 3. The van der Waals surface area contributed by atoms with Crippen molar-refractivity contribution in [2.45, 2.75) is 44.3 Å². The first-order valence-electron chi connectivity index (χ1n) is 8.65. The maximum Gasteiger partial charge on any atom is 0.322 e. The smallest absolute Gasteiger partial charge is 0.322 e. The Hall–Kier alpha value is -3.48. The third kappa shape index (κ3) is 8.83. The zero-order valence-corrected chi connectivity index (χ0v) is 15.7. The van der Waals surface area contributed by atoms with Gasteiger partial charge in [0.15, 0.2) is 0 Å². The Kier molecular flexibility index (Phi) is 9.25. The quantitative estimate of drug-likeness (QED) is 0.190. The second-order valence-corrected chi connectivity index (χ2v) is 6.24. The van der Waals surface area contributed by atoms with E-state index in [9.17, 15) is 24.0 Å². The minimum atomic E-state index is -1.27. The Labute approximate surface area is 165 Å². The van der Waals surface area contributed by atoms with Gasteiger partial charge in [0.25, 0.3) is 0 Å². The van der Waals surface area contributed by atoms with Gasteiger partial charge in [0.1, 0.15) is 18.6 Å². The molecule has 1 heterocycles. The van der Waals surface area contributed by atoms with E-state index < -0.39 is 60.8 Å². The lowest BCUT2D eigenvalue weighted by Crippen LogP contribution is -2.56. The van der Waals surface area contributed by atoms with Crippen molar-refractivity contribution in [2.75, 3.05) is 6.54 Å². The van der Waals surface area contributed by atoms with E-state index in [0.717, 1.165) is 0 Å². The fourth-order valence-corrected chi connectivity index (χ4v) is 2.22. The van der Waals surface area contributed by atoms with Crippen LogP contribution < -0.4 is 21.7 Å². The third-order valence-corrected chi connectivity index (χ3v) is 3.72. The lowest BCUT2D eigenvalue weighted by molar-refractivity contribution is -0.138. The number of nitrogens with two attached hydrogens (primary N) is 1. The minimum Gasteiger partial charge on any atom is -0.481 e. The summed E-state index contributed by atoms with van der Waals surface area (Å²) in [5.74, 6) is -4.70. The van der Waals surface area contributed by atoms with Gasteiger partial charge in [-0.15, -0.1) is 0 Å². The van der Waals surface area contributed by atoms with Crippen molar-refractivity contribution in [3.63, 3.8) is 0 Å². The lowest BCUT2D eigenvalue weighted by Gasteiger charge is -2.23. The summed E-state index contributed by atoms with van der Waals surface area (Å²) in [4.78, 5) is 64.8. The van der Waals surface area contributed by atoms with Gasteiger partial charge in [0.05, 0.1) is 12.4 Å². The monoisotopic (exact) mass is 412 g/mol. The highest BCUT2D eigenvalue weighted by atomic mass is 16.4. The fourth-order valence-electron chi connectivity index (χ4n) is 2.22. The molecule has 13 nitrogen and oxygen atoms in total. The maximum atomic E-state index is 12.6. The zero-order chi connectivity index (χ0) is 22.0. The molecule has 0 saturated heterocycles. The molecule has 0 aliphatic heterocycles. The maximum absolute atomic E-state index is 12.6. The van der Waals surface area contributed by atoms with Gasteiger partial charge in [-0.2, -0.15) is 0 Å². The second kappa shape index (κ2) is 11.4. The van der Waals surface area contributed by atoms with E-state index in [1.54, 1.807) is 0 Å². The molecule has 0 radical (unpaired) electrons. The van der Waals surface area contributed by atoms with E-state index in [2.05, 4.69) is 25.9 Å². The van der Waals surface area contributed by atoms with Gasteiger partial charge in [0.2, 0.25) is 17.7 Å². The normalized spacial score (nSPS) is 13.6. The van der Waals surface area contributed by atoms with Gasteiger partial charge in [-0.05, 0) is 13.3 Å². The first-order chi connectivity index (χ1) is 13.6. The van der Waals surface area contributed by atoms with E-state index in [1.165, 1.54) is 19.4 Å². The number of hydrogen-bond acceptors (Lipinski definition) is 7. The molecule has 3 atom stereocenters. The SMILES string of the molecule is CC(N)C(=O)NC(CCC(=O)O)C(=O)NC(Cc1cnc[nH]1)C(=O)NCC(=O)O. The Balaban J connectivity index is 2.92. The van der Waals surface area contributed by atoms with Crippen LogP contribution in [0.5, 0.6) is 0 Å². The Bertz CT molecular complexity index is 734. The summed E-state index contributed by atoms with van der Waals surface area (Å²) in [7, 11) is 0. The third-order valence-electron chi connectivity index (χ3n) is 3.72. The summed E-state index contributed by atoms with van der Waals surface area (Å²) in [6.07, 6.45) is 2.11. The molecule has 13 heteroatoms. The molecule has 0 aliphatic carbocycles. The number of carbonyl (C=O) groups is 5. The van der Waals surface area contributed by atoms with E-state index in [0.29, 0.717) is 5.69 Å². The highest BCUT2D eigenvalue weighted by Crippen LogP contribution is 2.03. The summed E-state index contributed by atoms with van der Waals surface area (Å²) in [5, 5.41) is 24.5. The van der Waals surface area contributed by atoms with Crippen molar-refractivity contribution in [3.8, 4) is 0 Å². The summed E-state index contributed by atoms with van der Waals surface area (Å²) >= 11 is 0. The van der Waals surface area contributed by atoms with Crippen LogP contribution in [0.25, 0.3) is 0 Å². The van der Waals surface area contributed by atoms with Gasteiger partial charge >= 0.3 is 11.9 Å². The molecule has 1 aromatic rings. The average Bonchev–Trinajstić information content (AvgIpc) is 3.14. The van der Waals surface area contributed by atoms with Gasteiger partial charge in [-0.1, -0.05) is 0 Å². The Morgan fingerprint density at radius 3 is 2.24 bits per heavy atom. The van der Waals surface area contributed by atoms with Crippen molar-refractivity contribution in [1.29, 1.82) is 0 Å². The number of imidazole rings is 1. The molecule has 0 bridgehead atoms. The summed E-state index contributed by atoms with van der Waals surface area (Å²) in [5.41, 5.74) is 5.95. The number of carboxylic acids is 2. The summed E-state index contributed by atoms with van der Waals surface area (Å²) in [6, 6.07) is -3.38. The van der Waals surface area contributed by atoms with Crippen LogP contribution in [0.3, 0.4) is 0 Å². The minimum absolute atomic E-state index is 0.0376. The number of nitrogens with one attached hydrogen (secondary N) is 4. The number of nitrogens with zero attached hydrogens (tertiary/aromatic N) is 1. The Morgan fingerprint density at radius 2 is 1.72 bits per heavy atom. The molecule has 160 valence electrons. The molecule has 0 spiro atoms. The van der Waals surface area contributed by atoms with Gasteiger partial charge in [0, 0.05) is 24.7 Å². The zero-order valence-electron chi connectivity index (χ0n) is 15.7. The molecule has 1 aromatic heterocycles. The molecule has 1 rings (SSSR count). The molecule has 29 heavy (non-hydrogen) atoms. The van der Waals surface area contributed by atoms with Crippen LogP contribution in [0.1, 0.15) is 25.5 Å². The van der Waals surface area contributed by atoms with E-state index in [-0.39, 0.29) is 12.8 Å². The number of aromatic amines is 1. The van der Waals surface area contributed by atoms with E-state index >= 15 is 0 Å². The molecule has 0 aromatic carbocycles. The molecule has 0 fully saturated rings. The topological polar surface area (TPSA) is 217 Å². The van der Waals surface area contributed by atoms with Crippen molar-refractivity contribution in [1.82, 2.24) is 25.9 Å². The van der Waals surface area contributed by atoms with Crippen LogP contribution >= 0.6 is 0 Å². The van der Waals surface area contributed by atoms with Crippen molar-refractivity contribution < 1.29 is 34.2 Å². The predicted molar refractivity (Wildman–Crippen MR) is 97.3 cm³/mol. The highest BCUT2D eigenvalue weighted by Gasteiger charge is 2.28. The van der Waals surface area contributed by atoms with Crippen molar-refractivity contribution in [3.05, 3.63) is 18.2 Å². The van der Waals surface area contributed by atoms with E-state index in [4.69, 9.17) is 15.9 Å². The molecule has 8 N–H and O–H groups in total. The number of aromatic nitrogens is 2. The van der Waals surface area contributed by atoms with Gasteiger partial charge in [-0.3, -0.25) is 24.0 Å². The second-order valence-electron chi connectivity index (χ2n) is 6.24.